The van der Waals surface area contributed by atoms with Crippen LogP contribution in [0.3, 0.4) is 0 Å². The first-order valence-electron chi connectivity index (χ1n) is 8.93. The molecular weight excluding hydrogens is 289 g/mol. The minimum absolute atomic E-state index is 0.0779. The van der Waals surface area contributed by atoms with Crippen LogP contribution in [0.2, 0.25) is 0 Å². The second-order valence-electron chi connectivity index (χ2n) is 8.61. The van der Waals surface area contributed by atoms with Crippen LogP contribution in [0.5, 0.6) is 0 Å². The van der Waals surface area contributed by atoms with Gasteiger partial charge in [-0.2, -0.15) is 0 Å². The fraction of sp³-hybridized carbons (Fsp3) is 0.650. The van der Waals surface area contributed by atoms with Crippen LogP contribution in [-0.4, -0.2) is 17.6 Å². The molecule has 0 heterocycles. The van der Waals surface area contributed by atoms with Crippen LogP contribution in [0.25, 0.3) is 0 Å². The van der Waals surface area contributed by atoms with E-state index in [4.69, 9.17) is 0 Å². The lowest BCUT2D eigenvalue weighted by Crippen LogP contribution is -2.61. The van der Waals surface area contributed by atoms with Crippen molar-refractivity contribution in [2.75, 3.05) is 0 Å². The van der Waals surface area contributed by atoms with Gasteiger partial charge in [0.05, 0.1) is 5.41 Å². The fourth-order valence-corrected chi connectivity index (χ4v) is 5.48. The van der Waals surface area contributed by atoms with Crippen molar-refractivity contribution in [2.24, 2.45) is 17.8 Å². The molecule has 1 aromatic carbocycles. The molecule has 0 spiro atoms. The molecule has 2 nitrogen and oxygen atoms in total. The first kappa shape index (κ1) is 15.2. The zero-order chi connectivity index (χ0) is 16.2. The van der Waals surface area contributed by atoms with Gasteiger partial charge in [-0.1, -0.05) is 30.3 Å². The molecule has 3 heteroatoms. The summed E-state index contributed by atoms with van der Waals surface area (Å²) in [6, 6.07) is 10.1. The maximum Gasteiger partial charge on any atom is 0.230 e. The summed E-state index contributed by atoms with van der Waals surface area (Å²) in [7, 11) is 0. The average molecular weight is 315 g/mol. The summed E-state index contributed by atoms with van der Waals surface area (Å²) >= 11 is 0. The summed E-state index contributed by atoms with van der Waals surface area (Å²) in [5, 5.41) is 3.31. The topological polar surface area (TPSA) is 29.1 Å². The van der Waals surface area contributed by atoms with Crippen LogP contribution in [0, 0.1) is 17.8 Å². The third kappa shape index (κ3) is 2.49. The molecule has 1 aromatic rings. The Kier molecular flexibility index (Phi) is 3.33. The molecule has 4 aliphatic rings. The number of carbonyl (C=O) groups is 1. The first-order chi connectivity index (χ1) is 10.9. The summed E-state index contributed by atoms with van der Waals surface area (Å²) in [6.07, 6.45) is 4.25. The Morgan fingerprint density at radius 1 is 1.13 bits per heavy atom. The number of benzene rings is 1. The van der Waals surface area contributed by atoms with Gasteiger partial charge in [-0.15, -0.1) is 0 Å². The van der Waals surface area contributed by atoms with Gasteiger partial charge in [0.2, 0.25) is 5.91 Å². The summed E-state index contributed by atoms with van der Waals surface area (Å²) in [4.78, 5) is 12.9. The smallest absolute Gasteiger partial charge is 0.230 e. The molecule has 0 aromatic heterocycles. The van der Waals surface area contributed by atoms with Crippen molar-refractivity contribution in [1.82, 2.24) is 5.32 Å². The van der Waals surface area contributed by atoms with E-state index < -0.39 is 11.1 Å². The normalized spacial score (nSPS) is 38.6. The van der Waals surface area contributed by atoms with Crippen molar-refractivity contribution in [3.8, 4) is 0 Å². The number of hydrogen-bond acceptors (Lipinski definition) is 1. The molecule has 1 amide bonds. The number of alkyl halides is 1. The number of nitrogens with one attached hydrogen (secondary N) is 1. The molecule has 4 bridgehead atoms. The van der Waals surface area contributed by atoms with Gasteiger partial charge in [-0.25, -0.2) is 4.39 Å². The molecule has 4 aliphatic carbocycles. The van der Waals surface area contributed by atoms with E-state index in [2.05, 4.69) is 5.32 Å². The zero-order valence-electron chi connectivity index (χ0n) is 14.0. The monoisotopic (exact) mass is 315 g/mol. The Labute approximate surface area is 137 Å². The molecule has 0 saturated heterocycles. The van der Waals surface area contributed by atoms with Crippen LogP contribution in [0.1, 0.15) is 51.5 Å². The molecular formula is C20H26FNO. The molecule has 0 radical (unpaired) electrons. The van der Waals surface area contributed by atoms with Crippen molar-refractivity contribution in [3.05, 3.63) is 35.9 Å². The lowest BCUT2D eigenvalue weighted by molar-refractivity contribution is -0.134. The molecule has 4 fully saturated rings. The van der Waals surface area contributed by atoms with E-state index in [1.165, 1.54) is 0 Å². The van der Waals surface area contributed by atoms with Crippen LogP contribution >= 0.6 is 0 Å². The lowest BCUT2D eigenvalue weighted by Gasteiger charge is -2.57. The number of hydrogen-bond donors (Lipinski definition) is 1. The lowest BCUT2D eigenvalue weighted by atomic mass is 9.53. The van der Waals surface area contributed by atoms with Gasteiger partial charge in [-0.05, 0) is 69.3 Å². The Morgan fingerprint density at radius 2 is 1.74 bits per heavy atom. The van der Waals surface area contributed by atoms with Gasteiger partial charge < -0.3 is 5.32 Å². The van der Waals surface area contributed by atoms with Crippen LogP contribution in [-0.2, 0) is 10.2 Å². The summed E-state index contributed by atoms with van der Waals surface area (Å²) < 4.78 is 14.8. The summed E-state index contributed by atoms with van der Waals surface area (Å²) in [6.45, 7) is 3.95. The van der Waals surface area contributed by atoms with Crippen molar-refractivity contribution < 1.29 is 9.18 Å². The van der Waals surface area contributed by atoms with Crippen LogP contribution in [0.4, 0.5) is 4.39 Å². The predicted molar refractivity (Wildman–Crippen MR) is 88.8 cm³/mol. The highest BCUT2D eigenvalue weighted by molar-refractivity contribution is 5.87. The third-order valence-corrected chi connectivity index (χ3v) is 6.56. The van der Waals surface area contributed by atoms with Crippen LogP contribution in [0.15, 0.2) is 30.3 Å². The standard InChI is InChI=1S/C20H26FNO/c1-19(2,16-6-4-3-5-7-16)18(23)22-17-14-8-13-9-15(17)12-20(21,10-13)11-14/h3-7,13-15,17H,8-12H2,1-2H3,(H,22,23)/t13-,14-,15-,17+,20-/m1/s1. The molecule has 0 unspecified atom stereocenters. The Hall–Kier alpha value is -1.38. The molecule has 0 aliphatic heterocycles. The highest BCUT2D eigenvalue weighted by Crippen LogP contribution is 2.57. The molecule has 1 N–H and O–H groups in total. The first-order valence-corrected chi connectivity index (χ1v) is 8.93. The van der Waals surface area contributed by atoms with E-state index >= 15 is 0 Å². The molecule has 5 rings (SSSR count). The number of halogens is 1. The van der Waals surface area contributed by atoms with Crippen molar-refractivity contribution in [1.29, 1.82) is 0 Å². The summed E-state index contributed by atoms with van der Waals surface area (Å²) in [5.41, 5.74) is -0.459. The number of amides is 1. The highest BCUT2D eigenvalue weighted by Gasteiger charge is 2.56. The average Bonchev–Trinajstić information content (AvgIpc) is 2.50. The van der Waals surface area contributed by atoms with E-state index in [1.54, 1.807) is 0 Å². The minimum Gasteiger partial charge on any atom is -0.352 e. The minimum atomic E-state index is -0.938. The second kappa shape index (κ2) is 5.06. The molecule has 4 saturated carbocycles. The van der Waals surface area contributed by atoms with Crippen molar-refractivity contribution >= 4 is 5.91 Å². The SMILES string of the molecule is CC(C)(C(=O)N[C@H]1[C@@H]2C[C@@H]3C[C@@H]1C[C@](F)(C2)C3)c1ccccc1. The predicted octanol–water partition coefficient (Wildman–Crippen LogP) is 4.00. The Bertz CT molecular complexity index is 595. The van der Waals surface area contributed by atoms with Crippen LogP contribution < -0.4 is 5.32 Å². The van der Waals surface area contributed by atoms with E-state index in [9.17, 15) is 9.18 Å². The number of carbonyl (C=O) groups excluding carboxylic acids is 1. The van der Waals surface area contributed by atoms with Gasteiger partial charge in [0.1, 0.15) is 5.67 Å². The fourth-order valence-electron chi connectivity index (χ4n) is 5.48. The zero-order valence-corrected chi connectivity index (χ0v) is 14.0. The van der Waals surface area contributed by atoms with Gasteiger partial charge in [0.15, 0.2) is 0 Å². The quantitative estimate of drug-likeness (QED) is 0.897. The second-order valence-corrected chi connectivity index (χ2v) is 8.61. The highest BCUT2D eigenvalue weighted by atomic mass is 19.1. The largest absolute Gasteiger partial charge is 0.352 e. The van der Waals surface area contributed by atoms with Gasteiger partial charge in [-0.3, -0.25) is 4.79 Å². The maximum atomic E-state index is 14.8. The van der Waals surface area contributed by atoms with E-state index in [1.807, 2.05) is 44.2 Å². The molecule has 23 heavy (non-hydrogen) atoms. The molecule has 124 valence electrons. The molecule has 2 atom stereocenters. The maximum absolute atomic E-state index is 14.8. The summed E-state index contributed by atoms with van der Waals surface area (Å²) in [5.74, 6) is 1.30. The van der Waals surface area contributed by atoms with E-state index in [0.717, 1.165) is 24.8 Å². The van der Waals surface area contributed by atoms with E-state index in [-0.39, 0.29) is 11.9 Å². The Morgan fingerprint density at radius 3 is 2.30 bits per heavy atom. The van der Waals surface area contributed by atoms with Gasteiger partial charge in [0.25, 0.3) is 0 Å². The van der Waals surface area contributed by atoms with E-state index in [0.29, 0.717) is 30.6 Å². The Balaban J connectivity index is 1.51. The van der Waals surface area contributed by atoms with Gasteiger partial charge >= 0.3 is 0 Å². The third-order valence-electron chi connectivity index (χ3n) is 6.56. The van der Waals surface area contributed by atoms with Gasteiger partial charge in [0, 0.05) is 6.04 Å². The van der Waals surface area contributed by atoms with Crippen molar-refractivity contribution in [2.45, 2.75) is 63.1 Å². The van der Waals surface area contributed by atoms with Crippen molar-refractivity contribution in [3.63, 3.8) is 0 Å². The number of rotatable bonds is 3.